The SMILES string of the molecule is OC1(c2cccnn2)CC2CCCNC2C1. The Morgan fingerprint density at radius 3 is 3.12 bits per heavy atom. The molecule has 1 aliphatic heterocycles. The van der Waals surface area contributed by atoms with Crippen LogP contribution in [-0.4, -0.2) is 27.9 Å². The molecule has 2 N–H and O–H groups in total. The van der Waals surface area contributed by atoms with Crippen LogP contribution in [0.2, 0.25) is 0 Å². The Kier molecular flexibility index (Phi) is 2.41. The first kappa shape index (κ1) is 10.2. The molecule has 0 spiro atoms. The van der Waals surface area contributed by atoms with E-state index in [4.69, 9.17) is 0 Å². The molecule has 3 rings (SSSR count). The van der Waals surface area contributed by atoms with Crippen LogP contribution in [0.1, 0.15) is 31.4 Å². The molecule has 1 aliphatic carbocycles. The normalized spacial score (nSPS) is 38.3. The van der Waals surface area contributed by atoms with Crippen molar-refractivity contribution >= 4 is 0 Å². The molecule has 1 aromatic rings. The summed E-state index contributed by atoms with van der Waals surface area (Å²) in [6.07, 6.45) is 5.69. The van der Waals surface area contributed by atoms with Gasteiger partial charge in [0.15, 0.2) is 0 Å². The fraction of sp³-hybridized carbons (Fsp3) is 0.667. The highest BCUT2D eigenvalue weighted by Crippen LogP contribution is 2.44. The first-order valence-corrected chi connectivity index (χ1v) is 6.02. The molecule has 1 saturated carbocycles. The van der Waals surface area contributed by atoms with Crippen LogP contribution in [0, 0.1) is 5.92 Å². The Balaban J connectivity index is 1.85. The molecule has 0 amide bonds. The third kappa shape index (κ3) is 1.62. The summed E-state index contributed by atoms with van der Waals surface area (Å²) in [7, 11) is 0. The van der Waals surface area contributed by atoms with Gasteiger partial charge in [-0.1, -0.05) is 0 Å². The lowest BCUT2D eigenvalue weighted by Gasteiger charge is -2.25. The molecule has 86 valence electrons. The molecular weight excluding hydrogens is 202 g/mol. The average Bonchev–Trinajstić information content (AvgIpc) is 2.68. The third-order valence-corrected chi connectivity index (χ3v) is 3.93. The lowest BCUT2D eigenvalue weighted by atomic mass is 9.92. The zero-order valence-corrected chi connectivity index (χ0v) is 9.26. The Morgan fingerprint density at radius 2 is 2.38 bits per heavy atom. The van der Waals surface area contributed by atoms with Crippen molar-refractivity contribution in [3.63, 3.8) is 0 Å². The van der Waals surface area contributed by atoms with Crippen molar-refractivity contribution in [2.75, 3.05) is 6.54 Å². The summed E-state index contributed by atoms with van der Waals surface area (Å²) in [5, 5.41) is 22.1. The van der Waals surface area contributed by atoms with Crippen LogP contribution in [0.4, 0.5) is 0 Å². The van der Waals surface area contributed by atoms with Gasteiger partial charge in [0.05, 0.1) is 5.69 Å². The summed E-state index contributed by atoms with van der Waals surface area (Å²) in [5.41, 5.74) is -0.0350. The van der Waals surface area contributed by atoms with Gasteiger partial charge in [-0.25, -0.2) is 0 Å². The number of aliphatic hydroxyl groups is 1. The molecule has 2 aliphatic rings. The molecule has 4 heteroatoms. The summed E-state index contributed by atoms with van der Waals surface area (Å²) < 4.78 is 0. The maximum absolute atomic E-state index is 10.7. The van der Waals surface area contributed by atoms with Crippen LogP contribution >= 0.6 is 0 Å². The first-order valence-electron chi connectivity index (χ1n) is 6.02. The lowest BCUT2D eigenvalue weighted by molar-refractivity contribution is 0.0335. The van der Waals surface area contributed by atoms with E-state index in [0.717, 1.165) is 25.1 Å². The van der Waals surface area contributed by atoms with Crippen LogP contribution in [-0.2, 0) is 5.60 Å². The molecule has 2 heterocycles. The molecule has 16 heavy (non-hydrogen) atoms. The van der Waals surface area contributed by atoms with Crippen LogP contribution < -0.4 is 5.32 Å². The van der Waals surface area contributed by atoms with E-state index < -0.39 is 5.60 Å². The van der Waals surface area contributed by atoms with Crippen molar-refractivity contribution in [2.24, 2.45) is 5.92 Å². The summed E-state index contributed by atoms with van der Waals surface area (Å²) in [4.78, 5) is 0. The highest BCUT2D eigenvalue weighted by atomic mass is 16.3. The molecule has 3 atom stereocenters. The number of fused-ring (bicyclic) bond motifs is 1. The number of nitrogens with zero attached hydrogens (tertiary/aromatic N) is 2. The van der Waals surface area contributed by atoms with Crippen molar-refractivity contribution in [1.82, 2.24) is 15.5 Å². The maximum atomic E-state index is 10.7. The fourth-order valence-electron chi connectivity index (χ4n) is 3.14. The zero-order chi connectivity index (χ0) is 11.0. The zero-order valence-electron chi connectivity index (χ0n) is 9.26. The number of aromatic nitrogens is 2. The third-order valence-electron chi connectivity index (χ3n) is 3.93. The molecule has 1 saturated heterocycles. The lowest BCUT2D eigenvalue weighted by Crippen LogP contribution is -2.38. The van der Waals surface area contributed by atoms with Gasteiger partial charge >= 0.3 is 0 Å². The molecule has 3 unspecified atom stereocenters. The van der Waals surface area contributed by atoms with E-state index >= 15 is 0 Å². The van der Waals surface area contributed by atoms with Gasteiger partial charge in [-0.05, 0) is 50.3 Å². The van der Waals surface area contributed by atoms with E-state index in [0.29, 0.717) is 12.0 Å². The van der Waals surface area contributed by atoms with Crippen molar-refractivity contribution in [1.29, 1.82) is 0 Å². The molecule has 0 bridgehead atoms. The Bertz CT molecular complexity index is 354. The Hall–Kier alpha value is -1.00. The maximum Gasteiger partial charge on any atom is 0.110 e. The molecular formula is C12H17N3O. The minimum absolute atomic E-state index is 0.459. The second-order valence-corrected chi connectivity index (χ2v) is 5.01. The van der Waals surface area contributed by atoms with E-state index in [1.165, 1.54) is 12.8 Å². The summed E-state index contributed by atoms with van der Waals surface area (Å²) in [6, 6.07) is 4.18. The average molecular weight is 219 g/mol. The molecule has 0 aromatic carbocycles. The van der Waals surface area contributed by atoms with E-state index in [2.05, 4.69) is 15.5 Å². The van der Waals surface area contributed by atoms with Crippen LogP contribution in [0.25, 0.3) is 0 Å². The van der Waals surface area contributed by atoms with Crippen molar-refractivity contribution in [2.45, 2.75) is 37.3 Å². The van der Waals surface area contributed by atoms with Crippen LogP contribution in [0.5, 0.6) is 0 Å². The Labute approximate surface area is 95.1 Å². The van der Waals surface area contributed by atoms with Crippen molar-refractivity contribution in [3.05, 3.63) is 24.0 Å². The number of rotatable bonds is 1. The standard InChI is InChI=1S/C12H17N3O/c16-12(11-4-2-6-14-15-11)7-9-3-1-5-13-10(9)8-12/h2,4,6,9-10,13,16H,1,3,5,7-8H2. The Morgan fingerprint density at radius 1 is 1.44 bits per heavy atom. The number of hydrogen-bond donors (Lipinski definition) is 2. The molecule has 0 radical (unpaired) electrons. The molecule has 4 nitrogen and oxygen atoms in total. The van der Waals surface area contributed by atoms with Gasteiger partial charge in [-0.3, -0.25) is 0 Å². The first-order chi connectivity index (χ1) is 7.78. The van der Waals surface area contributed by atoms with Crippen LogP contribution in [0.3, 0.4) is 0 Å². The predicted molar refractivity (Wildman–Crippen MR) is 59.7 cm³/mol. The topological polar surface area (TPSA) is 58.0 Å². The van der Waals surface area contributed by atoms with Crippen molar-refractivity contribution in [3.8, 4) is 0 Å². The molecule has 2 fully saturated rings. The fourth-order valence-corrected chi connectivity index (χ4v) is 3.14. The minimum Gasteiger partial charge on any atom is -0.383 e. The van der Waals surface area contributed by atoms with Crippen molar-refractivity contribution < 1.29 is 5.11 Å². The van der Waals surface area contributed by atoms with Gasteiger partial charge in [-0.15, -0.1) is 0 Å². The van der Waals surface area contributed by atoms with Gasteiger partial charge in [0.2, 0.25) is 0 Å². The minimum atomic E-state index is -0.763. The summed E-state index contributed by atoms with van der Waals surface area (Å²) >= 11 is 0. The largest absolute Gasteiger partial charge is 0.383 e. The van der Waals surface area contributed by atoms with E-state index in [9.17, 15) is 5.11 Å². The quantitative estimate of drug-likeness (QED) is 0.734. The number of hydrogen-bond acceptors (Lipinski definition) is 4. The monoisotopic (exact) mass is 219 g/mol. The number of nitrogens with one attached hydrogen (secondary N) is 1. The highest BCUT2D eigenvalue weighted by Gasteiger charge is 2.46. The van der Waals surface area contributed by atoms with Gasteiger partial charge in [-0.2, -0.15) is 10.2 Å². The second kappa shape index (κ2) is 3.79. The van der Waals surface area contributed by atoms with Gasteiger partial charge < -0.3 is 10.4 Å². The predicted octanol–water partition coefficient (Wildman–Crippen LogP) is 0.826. The molecule has 1 aromatic heterocycles. The summed E-state index contributed by atoms with van der Waals surface area (Å²) in [5.74, 6) is 0.598. The van der Waals surface area contributed by atoms with E-state index in [1.54, 1.807) is 6.20 Å². The van der Waals surface area contributed by atoms with Gasteiger partial charge in [0.1, 0.15) is 5.60 Å². The number of piperidine rings is 1. The van der Waals surface area contributed by atoms with Gasteiger partial charge in [0.25, 0.3) is 0 Å². The van der Waals surface area contributed by atoms with Gasteiger partial charge in [0, 0.05) is 12.2 Å². The summed E-state index contributed by atoms with van der Waals surface area (Å²) in [6.45, 7) is 1.08. The second-order valence-electron chi connectivity index (χ2n) is 5.01. The van der Waals surface area contributed by atoms with E-state index in [1.807, 2.05) is 12.1 Å². The highest BCUT2D eigenvalue weighted by molar-refractivity contribution is 5.15. The van der Waals surface area contributed by atoms with E-state index in [-0.39, 0.29) is 0 Å². The van der Waals surface area contributed by atoms with Crippen LogP contribution in [0.15, 0.2) is 18.3 Å². The smallest absolute Gasteiger partial charge is 0.110 e.